The Hall–Kier alpha value is -4.80. The number of nitro groups is 2. The molecule has 0 saturated carbocycles. The first-order valence-corrected chi connectivity index (χ1v) is 9.06. The van der Waals surface area contributed by atoms with Gasteiger partial charge in [0, 0.05) is 11.6 Å². The Morgan fingerprint density at radius 3 is 2.31 bits per heavy atom. The maximum absolute atomic E-state index is 12.0. The minimum atomic E-state index is -0.779. The SMILES string of the molecule is COc1ccc(/C=N\NC(=O)c2ccccc2)cc1Oc1ccc([N+](=O)[O-])cc1[N+](=O)[O-]. The minimum absolute atomic E-state index is 0.114. The highest BCUT2D eigenvalue weighted by Crippen LogP contribution is 2.38. The molecule has 0 heterocycles. The molecule has 0 aliphatic rings. The fourth-order valence-electron chi connectivity index (χ4n) is 2.64. The monoisotopic (exact) mass is 436 g/mol. The van der Waals surface area contributed by atoms with E-state index in [0.29, 0.717) is 11.1 Å². The second-order valence-corrected chi connectivity index (χ2v) is 6.24. The number of nitrogens with zero attached hydrogens (tertiary/aromatic N) is 3. The maximum atomic E-state index is 12.0. The summed E-state index contributed by atoms with van der Waals surface area (Å²) in [4.78, 5) is 32.8. The van der Waals surface area contributed by atoms with Crippen molar-refractivity contribution in [1.29, 1.82) is 0 Å². The van der Waals surface area contributed by atoms with Gasteiger partial charge in [0.15, 0.2) is 11.5 Å². The second-order valence-electron chi connectivity index (χ2n) is 6.24. The third-order valence-corrected chi connectivity index (χ3v) is 4.17. The van der Waals surface area contributed by atoms with Gasteiger partial charge in [-0.25, -0.2) is 5.43 Å². The van der Waals surface area contributed by atoms with Gasteiger partial charge in [-0.1, -0.05) is 18.2 Å². The molecular formula is C21H16N4O7. The highest BCUT2D eigenvalue weighted by atomic mass is 16.6. The average molecular weight is 436 g/mol. The standard InChI is InChI=1S/C21H16N4O7/c1-31-19-9-7-14(13-22-23-21(26)15-5-3-2-4-6-15)11-20(19)32-18-10-8-16(24(27)28)12-17(18)25(29)30/h2-13H,1H3,(H,23,26)/b22-13-. The summed E-state index contributed by atoms with van der Waals surface area (Å²) in [7, 11) is 1.39. The van der Waals surface area contributed by atoms with Gasteiger partial charge in [0.05, 0.1) is 29.2 Å². The van der Waals surface area contributed by atoms with Gasteiger partial charge in [-0.3, -0.25) is 25.0 Å². The lowest BCUT2D eigenvalue weighted by Crippen LogP contribution is -2.17. The zero-order valence-corrected chi connectivity index (χ0v) is 16.6. The van der Waals surface area contributed by atoms with Crippen LogP contribution in [0.4, 0.5) is 11.4 Å². The topological polar surface area (TPSA) is 146 Å². The number of nitrogens with one attached hydrogen (secondary N) is 1. The number of benzene rings is 3. The summed E-state index contributed by atoms with van der Waals surface area (Å²) in [5.74, 6) is -0.218. The maximum Gasteiger partial charge on any atom is 0.318 e. The van der Waals surface area contributed by atoms with Gasteiger partial charge in [-0.15, -0.1) is 0 Å². The van der Waals surface area contributed by atoms with Gasteiger partial charge >= 0.3 is 5.69 Å². The van der Waals surface area contributed by atoms with E-state index >= 15 is 0 Å². The van der Waals surface area contributed by atoms with Crippen molar-refractivity contribution in [3.63, 3.8) is 0 Å². The molecule has 32 heavy (non-hydrogen) atoms. The van der Waals surface area contributed by atoms with E-state index in [0.717, 1.165) is 18.2 Å². The Morgan fingerprint density at radius 2 is 1.66 bits per heavy atom. The third-order valence-electron chi connectivity index (χ3n) is 4.17. The van der Waals surface area contributed by atoms with E-state index in [-0.39, 0.29) is 17.2 Å². The largest absolute Gasteiger partial charge is 0.493 e. The number of carbonyl (C=O) groups is 1. The first kappa shape index (κ1) is 21.9. The molecule has 3 rings (SSSR count). The Balaban J connectivity index is 1.83. The molecular weight excluding hydrogens is 420 g/mol. The first-order valence-electron chi connectivity index (χ1n) is 9.06. The van der Waals surface area contributed by atoms with Crippen molar-refractivity contribution in [1.82, 2.24) is 5.43 Å². The van der Waals surface area contributed by atoms with Crippen molar-refractivity contribution in [2.75, 3.05) is 7.11 Å². The zero-order valence-electron chi connectivity index (χ0n) is 16.6. The van der Waals surface area contributed by atoms with Gasteiger partial charge in [0.2, 0.25) is 5.75 Å². The summed E-state index contributed by atoms with van der Waals surface area (Å²) in [5.41, 5.74) is 2.32. The van der Waals surface area contributed by atoms with Crippen LogP contribution in [0, 0.1) is 20.2 Å². The Labute approximate surface area is 181 Å². The van der Waals surface area contributed by atoms with Crippen LogP contribution >= 0.6 is 0 Å². The summed E-state index contributed by atoms with van der Waals surface area (Å²) in [6.45, 7) is 0. The van der Waals surface area contributed by atoms with Crippen LogP contribution in [0.3, 0.4) is 0 Å². The van der Waals surface area contributed by atoms with E-state index < -0.39 is 27.1 Å². The highest BCUT2D eigenvalue weighted by Gasteiger charge is 2.22. The lowest BCUT2D eigenvalue weighted by atomic mass is 10.2. The molecule has 11 nitrogen and oxygen atoms in total. The number of ether oxygens (including phenoxy) is 2. The molecule has 3 aromatic carbocycles. The Kier molecular flexibility index (Phi) is 6.71. The van der Waals surface area contributed by atoms with Crippen LogP contribution in [0.2, 0.25) is 0 Å². The number of non-ortho nitro benzene ring substituents is 1. The molecule has 162 valence electrons. The second kappa shape index (κ2) is 9.80. The van der Waals surface area contributed by atoms with Gasteiger partial charge in [-0.2, -0.15) is 5.10 Å². The van der Waals surface area contributed by atoms with Crippen molar-refractivity contribution in [3.05, 3.63) is 98.1 Å². The van der Waals surface area contributed by atoms with Crippen LogP contribution in [0.15, 0.2) is 71.8 Å². The Morgan fingerprint density at radius 1 is 0.938 bits per heavy atom. The molecule has 1 N–H and O–H groups in total. The van der Waals surface area contributed by atoms with Gasteiger partial charge in [0.1, 0.15) is 0 Å². The zero-order chi connectivity index (χ0) is 23.1. The number of nitro benzene ring substituents is 2. The van der Waals surface area contributed by atoms with Crippen molar-refractivity contribution in [2.24, 2.45) is 5.10 Å². The highest BCUT2D eigenvalue weighted by molar-refractivity contribution is 5.94. The molecule has 0 atom stereocenters. The van der Waals surface area contributed by atoms with Gasteiger partial charge in [0.25, 0.3) is 11.6 Å². The molecule has 0 saturated heterocycles. The van der Waals surface area contributed by atoms with Gasteiger partial charge in [-0.05, 0) is 42.0 Å². The van der Waals surface area contributed by atoms with Crippen molar-refractivity contribution < 1.29 is 24.1 Å². The fraction of sp³-hybridized carbons (Fsp3) is 0.0476. The molecule has 0 fully saturated rings. The van der Waals surface area contributed by atoms with Crippen LogP contribution in [0.5, 0.6) is 17.2 Å². The van der Waals surface area contributed by atoms with E-state index in [2.05, 4.69) is 10.5 Å². The van der Waals surface area contributed by atoms with E-state index in [9.17, 15) is 25.0 Å². The smallest absolute Gasteiger partial charge is 0.318 e. The fourth-order valence-corrected chi connectivity index (χ4v) is 2.64. The number of amides is 1. The average Bonchev–Trinajstić information content (AvgIpc) is 2.79. The number of hydrogen-bond acceptors (Lipinski definition) is 8. The lowest BCUT2D eigenvalue weighted by Gasteiger charge is -2.11. The van der Waals surface area contributed by atoms with Crippen LogP contribution in [-0.2, 0) is 0 Å². The minimum Gasteiger partial charge on any atom is -0.493 e. The van der Waals surface area contributed by atoms with Crippen molar-refractivity contribution in [2.45, 2.75) is 0 Å². The lowest BCUT2D eigenvalue weighted by molar-refractivity contribution is -0.394. The number of rotatable bonds is 8. The van der Waals surface area contributed by atoms with Crippen LogP contribution in [0.25, 0.3) is 0 Å². The quantitative estimate of drug-likeness (QED) is 0.318. The summed E-state index contributed by atoms with van der Waals surface area (Å²) in [6.07, 6.45) is 1.36. The molecule has 0 radical (unpaired) electrons. The van der Waals surface area contributed by atoms with Crippen molar-refractivity contribution in [3.8, 4) is 17.2 Å². The molecule has 11 heteroatoms. The molecule has 1 amide bonds. The predicted octanol–water partition coefficient (Wildman–Crippen LogP) is 4.07. The number of hydrazone groups is 1. The third kappa shape index (κ3) is 5.21. The molecule has 0 aliphatic heterocycles. The van der Waals surface area contributed by atoms with E-state index in [1.807, 2.05) is 0 Å². The predicted molar refractivity (Wildman–Crippen MR) is 114 cm³/mol. The number of methoxy groups -OCH3 is 1. The molecule has 0 spiro atoms. The number of carbonyl (C=O) groups excluding carboxylic acids is 1. The summed E-state index contributed by atoms with van der Waals surface area (Å²) in [5, 5.41) is 26.1. The first-order chi connectivity index (χ1) is 15.4. The normalized spacial score (nSPS) is 10.5. The Bertz CT molecular complexity index is 1200. The van der Waals surface area contributed by atoms with E-state index in [1.165, 1.54) is 19.4 Å². The number of hydrogen-bond donors (Lipinski definition) is 1. The van der Waals surface area contributed by atoms with Crippen molar-refractivity contribution >= 4 is 23.5 Å². The molecule has 0 bridgehead atoms. The van der Waals surface area contributed by atoms with Crippen LogP contribution in [-0.4, -0.2) is 29.1 Å². The molecule has 3 aromatic rings. The van der Waals surface area contributed by atoms with Crippen LogP contribution in [0.1, 0.15) is 15.9 Å². The summed E-state index contributed by atoms with van der Waals surface area (Å²) in [6, 6.07) is 16.2. The molecule has 0 aromatic heterocycles. The summed E-state index contributed by atoms with van der Waals surface area (Å²) >= 11 is 0. The summed E-state index contributed by atoms with van der Waals surface area (Å²) < 4.78 is 10.8. The molecule has 0 aliphatic carbocycles. The van der Waals surface area contributed by atoms with E-state index in [4.69, 9.17) is 9.47 Å². The van der Waals surface area contributed by atoms with E-state index in [1.54, 1.807) is 42.5 Å². The molecule has 0 unspecified atom stereocenters. The van der Waals surface area contributed by atoms with Gasteiger partial charge < -0.3 is 9.47 Å². The van der Waals surface area contributed by atoms with Crippen LogP contribution < -0.4 is 14.9 Å².